The minimum Gasteiger partial charge on any atom is -0.481 e. The number of unbranched alkanes of at least 4 members (excludes halogenated alkanes) is 8. The fourth-order valence-electron chi connectivity index (χ4n) is 4.65. The highest BCUT2D eigenvalue weighted by molar-refractivity contribution is 5.94. The van der Waals surface area contributed by atoms with Crippen LogP contribution >= 0.6 is 0 Å². The molecule has 1 amide bonds. The highest BCUT2D eigenvalue weighted by atomic mass is 16.4. The number of ketones is 1. The van der Waals surface area contributed by atoms with Crippen molar-refractivity contribution in [1.82, 2.24) is 5.32 Å². The molecule has 11 nitrogen and oxygen atoms in total. The fraction of sp³-hybridized carbons (Fsp3) is 0.562. The van der Waals surface area contributed by atoms with E-state index < -0.39 is 47.8 Å². The van der Waals surface area contributed by atoms with E-state index in [1.165, 1.54) is 36.8 Å². The van der Waals surface area contributed by atoms with Gasteiger partial charge < -0.3 is 25.7 Å². The van der Waals surface area contributed by atoms with Gasteiger partial charge in [-0.25, -0.2) is 9.59 Å². The number of nitriles is 1. The standard InChI is InChI=1S/C32H44N2O9/c1-2-3-4-7-10-13-25(35)14-11-8-5-6-9-12-15-26(32(43,31(41)42)21-28(36)37)29(38)34-27(30(39)40)20-23-16-18-24(22-33)19-17-23/h12,15-19,26-27,43H,2-11,13-14,20-21H2,1H3,(H,34,38)(H,36,37)(H,39,40)(H,41,42)/b15-12+/t26-,27-,32-/m0/s1. The van der Waals surface area contributed by atoms with Crippen molar-refractivity contribution in [3.05, 3.63) is 47.5 Å². The van der Waals surface area contributed by atoms with Crippen LogP contribution in [0.4, 0.5) is 0 Å². The number of carboxylic acids is 3. The van der Waals surface area contributed by atoms with Crippen LogP contribution in [0.3, 0.4) is 0 Å². The quantitative estimate of drug-likeness (QED) is 0.0884. The van der Waals surface area contributed by atoms with Gasteiger partial charge in [0.1, 0.15) is 11.8 Å². The molecule has 3 atom stereocenters. The summed E-state index contributed by atoms with van der Waals surface area (Å²) >= 11 is 0. The van der Waals surface area contributed by atoms with Crippen LogP contribution in [0, 0.1) is 17.2 Å². The molecular weight excluding hydrogens is 556 g/mol. The molecule has 11 heteroatoms. The Hall–Kier alpha value is -4.04. The molecule has 0 bridgehead atoms. The lowest BCUT2D eigenvalue weighted by Gasteiger charge is -2.29. The van der Waals surface area contributed by atoms with Crippen LogP contribution < -0.4 is 5.32 Å². The Labute approximate surface area is 252 Å². The summed E-state index contributed by atoms with van der Waals surface area (Å²) in [5.74, 6) is -7.80. The van der Waals surface area contributed by atoms with Crippen molar-refractivity contribution in [3.63, 3.8) is 0 Å². The zero-order valence-corrected chi connectivity index (χ0v) is 24.8. The molecule has 0 unspecified atom stereocenters. The highest BCUT2D eigenvalue weighted by Crippen LogP contribution is 2.26. The Morgan fingerprint density at radius 3 is 2.00 bits per heavy atom. The SMILES string of the molecule is CCCCCCCC(=O)CCCCCC/C=C/[C@@H](C(=O)N[C@@H](Cc1ccc(C#N)cc1)C(=O)O)[C@@](O)(CC(=O)O)C(=O)O. The first-order chi connectivity index (χ1) is 20.4. The van der Waals surface area contributed by atoms with E-state index in [0.29, 0.717) is 36.8 Å². The van der Waals surface area contributed by atoms with E-state index in [2.05, 4.69) is 12.2 Å². The lowest BCUT2D eigenvalue weighted by Crippen LogP contribution is -2.55. The number of nitrogens with one attached hydrogen (secondary N) is 1. The number of amides is 1. The molecule has 5 N–H and O–H groups in total. The smallest absolute Gasteiger partial charge is 0.337 e. The molecule has 0 aliphatic carbocycles. The van der Waals surface area contributed by atoms with Crippen LogP contribution in [0.5, 0.6) is 0 Å². The lowest BCUT2D eigenvalue weighted by molar-refractivity contribution is -0.172. The maximum absolute atomic E-state index is 13.2. The van der Waals surface area contributed by atoms with E-state index in [-0.39, 0.29) is 12.2 Å². The molecule has 236 valence electrons. The topological polar surface area (TPSA) is 202 Å². The van der Waals surface area contributed by atoms with Gasteiger partial charge in [-0.15, -0.1) is 0 Å². The second-order valence-electron chi connectivity index (χ2n) is 10.8. The zero-order valence-electron chi connectivity index (χ0n) is 24.8. The summed E-state index contributed by atoms with van der Waals surface area (Å²) in [6.45, 7) is 2.14. The third kappa shape index (κ3) is 14.1. The highest BCUT2D eigenvalue weighted by Gasteiger charge is 2.49. The number of carbonyl (C=O) groups is 5. The van der Waals surface area contributed by atoms with Gasteiger partial charge in [-0.3, -0.25) is 14.4 Å². The van der Waals surface area contributed by atoms with Crippen molar-refractivity contribution in [1.29, 1.82) is 5.26 Å². The summed E-state index contributed by atoms with van der Waals surface area (Å²) in [6.07, 6.45) is 11.1. The molecule has 1 rings (SSSR count). The number of carbonyl (C=O) groups excluding carboxylic acids is 2. The third-order valence-corrected chi connectivity index (χ3v) is 7.19. The Balaban J connectivity index is 2.80. The molecule has 0 fully saturated rings. The van der Waals surface area contributed by atoms with Crippen LogP contribution in [0.15, 0.2) is 36.4 Å². The molecule has 1 aromatic rings. The predicted molar refractivity (Wildman–Crippen MR) is 158 cm³/mol. The van der Waals surface area contributed by atoms with Crippen LogP contribution in [-0.4, -0.2) is 61.7 Å². The molecule has 0 saturated carbocycles. The lowest BCUT2D eigenvalue weighted by atomic mass is 9.82. The van der Waals surface area contributed by atoms with E-state index in [0.717, 1.165) is 51.0 Å². The minimum atomic E-state index is -3.03. The van der Waals surface area contributed by atoms with Crippen LogP contribution in [0.1, 0.15) is 102 Å². The molecule has 0 heterocycles. The molecule has 0 spiro atoms. The number of aliphatic hydroxyl groups is 1. The molecule has 1 aromatic carbocycles. The van der Waals surface area contributed by atoms with Gasteiger partial charge in [0.2, 0.25) is 5.91 Å². The number of benzene rings is 1. The van der Waals surface area contributed by atoms with E-state index in [1.54, 1.807) is 0 Å². The average Bonchev–Trinajstić information content (AvgIpc) is 2.95. The van der Waals surface area contributed by atoms with Gasteiger partial charge in [-0.2, -0.15) is 5.26 Å². The van der Waals surface area contributed by atoms with Gasteiger partial charge in [0, 0.05) is 19.3 Å². The van der Waals surface area contributed by atoms with Gasteiger partial charge in [0.05, 0.1) is 24.0 Å². The van der Waals surface area contributed by atoms with Gasteiger partial charge >= 0.3 is 17.9 Å². The number of nitrogens with zero attached hydrogens (tertiary/aromatic N) is 1. The third-order valence-electron chi connectivity index (χ3n) is 7.19. The largest absolute Gasteiger partial charge is 0.481 e. The Morgan fingerprint density at radius 1 is 0.907 bits per heavy atom. The second kappa shape index (κ2) is 20.0. The fourth-order valence-corrected chi connectivity index (χ4v) is 4.65. The van der Waals surface area contributed by atoms with E-state index in [1.807, 2.05) is 6.07 Å². The maximum atomic E-state index is 13.2. The number of Topliss-reactive ketones (excluding diaryl/α,β-unsaturated/α-hetero) is 1. The molecule has 0 aromatic heterocycles. The molecule has 0 aliphatic rings. The van der Waals surface area contributed by atoms with Crippen molar-refractivity contribution in [2.45, 2.75) is 108 Å². The summed E-state index contributed by atoms with van der Waals surface area (Å²) < 4.78 is 0. The number of aliphatic carboxylic acids is 3. The van der Waals surface area contributed by atoms with Crippen molar-refractivity contribution < 1.29 is 44.4 Å². The molecule has 43 heavy (non-hydrogen) atoms. The van der Waals surface area contributed by atoms with E-state index in [9.17, 15) is 44.4 Å². The van der Waals surface area contributed by atoms with Gasteiger partial charge in [-0.05, 0) is 43.4 Å². The van der Waals surface area contributed by atoms with E-state index in [4.69, 9.17) is 5.26 Å². The summed E-state index contributed by atoms with van der Waals surface area (Å²) in [5.41, 5.74) is -2.20. The van der Waals surface area contributed by atoms with Crippen molar-refractivity contribution in [2.24, 2.45) is 5.92 Å². The van der Waals surface area contributed by atoms with Crippen molar-refractivity contribution in [2.75, 3.05) is 0 Å². The molecule has 0 radical (unpaired) electrons. The first kappa shape index (κ1) is 37.0. The van der Waals surface area contributed by atoms with Crippen LogP contribution in [0.25, 0.3) is 0 Å². The van der Waals surface area contributed by atoms with Gasteiger partial charge in [0.25, 0.3) is 0 Å². The summed E-state index contributed by atoms with van der Waals surface area (Å²) in [5, 5.41) is 50.5. The first-order valence-corrected chi connectivity index (χ1v) is 14.8. The Morgan fingerprint density at radius 2 is 1.49 bits per heavy atom. The monoisotopic (exact) mass is 600 g/mol. The molecule has 0 aliphatic heterocycles. The van der Waals surface area contributed by atoms with Crippen LogP contribution in [-0.2, 0) is 30.4 Å². The predicted octanol–water partition coefficient (Wildman–Crippen LogP) is 4.40. The minimum absolute atomic E-state index is 0.199. The molecular formula is C32H44N2O9. The summed E-state index contributed by atoms with van der Waals surface area (Å²) in [7, 11) is 0. The van der Waals surface area contributed by atoms with Crippen molar-refractivity contribution in [3.8, 4) is 6.07 Å². The zero-order chi connectivity index (χ0) is 32.3. The summed E-state index contributed by atoms with van der Waals surface area (Å²) in [6, 6.07) is 6.40. The number of hydrogen-bond acceptors (Lipinski definition) is 7. The Bertz CT molecular complexity index is 1140. The van der Waals surface area contributed by atoms with Crippen LogP contribution in [0.2, 0.25) is 0 Å². The van der Waals surface area contributed by atoms with Gasteiger partial charge in [-0.1, -0.05) is 69.7 Å². The Kier molecular flexibility index (Phi) is 17.2. The average molecular weight is 601 g/mol. The second-order valence-corrected chi connectivity index (χ2v) is 10.8. The van der Waals surface area contributed by atoms with Crippen molar-refractivity contribution >= 4 is 29.6 Å². The maximum Gasteiger partial charge on any atom is 0.337 e. The number of hydrogen-bond donors (Lipinski definition) is 5. The number of rotatable bonds is 23. The normalized spacial score (nSPS) is 13.9. The van der Waals surface area contributed by atoms with Gasteiger partial charge in [0.15, 0.2) is 5.60 Å². The first-order valence-electron chi connectivity index (χ1n) is 14.8. The summed E-state index contributed by atoms with van der Waals surface area (Å²) in [4.78, 5) is 60.4. The molecule has 0 saturated heterocycles. The van der Waals surface area contributed by atoms with E-state index >= 15 is 0 Å². The number of allylic oxidation sites excluding steroid dienone is 1. The number of carboxylic acid groups (broad SMARTS) is 3.